The number of piperazine rings is 1. The van der Waals surface area contributed by atoms with Crippen LogP contribution < -0.4 is 10.2 Å². The number of aliphatic hydroxyl groups is 1. The molecule has 0 radical (unpaired) electrons. The van der Waals surface area contributed by atoms with Gasteiger partial charge in [0, 0.05) is 56.2 Å². The van der Waals surface area contributed by atoms with E-state index in [1.165, 1.54) is 16.8 Å². The van der Waals surface area contributed by atoms with Crippen molar-refractivity contribution in [1.82, 2.24) is 24.4 Å². The average molecular weight is 570 g/mol. The summed E-state index contributed by atoms with van der Waals surface area (Å²) in [6.45, 7) is 9.10. The van der Waals surface area contributed by atoms with Crippen LogP contribution in [0.25, 0.3) is 28.2 Å². The fourth-order valence-electron chi connectivity index (χ4n) is 5.45. The van der Waals surface area contributed by atoms with Crippen LogP contribution in [0.1, 0.15) is 11.1 Å². The summed E-state index contributed by atoms with van der Waals surface area (Å²) in [6.07, 6.45) is 1.02. The fraction of sp³-hybridized carbons (Fsp3) is 0.281. The van der Waals surface area contributed by atoms with Crippen LogP contribution >= 0.6 is 12.4 Å². The Hall–Kier alpha value is -3.98. The lowest BCUT2D eigenvalue weighted by Gasteiger charge is -2.37. The highest BCUT2D eigenvalue weighted by molar-refractivity contribution is 5.88. The number of para-hydroxylation sites is 1. The molecule has 5 aromatic rings. The lowest BCUT2D eigenvalue weighted by atomic mass is 10.1. The maximum atomic E-state index is 10.9. The third-order valence-electron chi connectivity index (χ3n) is 7.75. The first-order valence-corrected chi connectivity index (χ1v) is 13.9. The summed E-state index contributed by atoms with van der Waals surface area (Å²) in [5, 5.41) is 14.3. The predicted molar refractivity (Wildman–Crippen MR) is 168 cm³/mol. The number of rotatable bonds is 8. The number of aliphatic hydroxyl groups excluding tert-OH is 1. The van der Waals surface area contributed by atoms with E-state index in [-0.39, 0.29) is 12.4 Å². The van der Waals surface area contributed by atoms with Gasteiger partial charge in [-0.1, -0.05) is 60.7 Å². The molecule has 1 aliphatic rings. The van der Waals surface area contributed by atoms with Crippen LogP contribution in [0.3, 0.4) is 0 Å². The maximum Gasteiger partial charge on any atom is 0.170 e. The van der Waals surface area contributed by atoms with E-state index in [4.69, 9.17) is 4.98 Å². The average Bonchev–Trinajstić information content (AvgIpc) is 3.39. The van der Waals surface area contributed by atoms with Crippen molar-refractivity contribution in [3.05, 3.63) is 96.3 Å². The number of anilines is 2. The number of benzene rings is 3. The molecule has 1 unspecified atom stereocenters. The molecule has 212 valence electrons. The van der Waals surface area contributed by atoms with Gasteiger partial charge in [0.1, 0.15) is 12.2 Å². The minimum atomic E-state index is -0.540. The predicted octanol–water partition coefficient (Wildman–Crippen LogP) is 5.12. The molecule has 2 aromatic heterocycles. The van der Waals surface area contributed by atoms with E-state index in [9.17, 15) is 5.11 Å². The van der Waals surface area contributed by atoms with Crippen molar-refractivity contribution in [2.75, 3.05) is 49.5 Å². The summed E-state index contributed by atoms with van der Waals surface area (Å²) in [5.41, 5.74) is 7.37. The zero-order chi connectivity index (χ0) is 27.5. The Kier molecular flexibility index (Phi) is 8.83. The molecule has 1 fully saturated rings. The highest BCUT2D eigenvalue weighted by Crippen LogP contribution is 2.30. The lowest BCUT2D eigenvalue weighted by molar-refractivity contribution is 0.118. The molecule has 6 rings (SSSR count). The van der Waals surface area contributed by atoms with Crippen molar-refractivity contribution in [2.24, 2.45) is 0 Å². The van der Waals surface area contributed by atoms with E-state index >= 15 is 0 Å². The molecule has 3 heterocycles. The zero-order valence-corrected chi connectivity index (χ0v) is 24.3. The largest absolute Gasteiger partial charge is 0.390 e. The highest BCUT2D eigenvalue weighted by atomic mass is 35.5. The van der Waals surface area contributed by atoms with Crippen molar-refractivity contribution in [2.45, 2.75) is 20.0 Å². The van der Waals surface area contributed by atoms with Crippen molar-refractivity contribution < 1.29 is 5.11 Å². The Balaban J connectivity index is 0.00000337. The monoisotopic (exact) mass is 569 g/mol. The first-order chi connectivity index (χ1) is 19.6. The number of imidazole rings is 1. The number of nitrogens with one attached hydrogen (secondary N) is 1. The van der Waals surface area contributed by atoms with E-state index in [0.717, 1.165) is 48.9 Å². The molecule has 0 saturated carbocycles. The zero-order valence-electron chi connectivity index (χ0n) is 23.4. The van der Waals surface area contributed by atoms with Crippen LogP contribution in [-0.4, -0.2) is 74.9 Å². The van der Waals surface area contributed by atoms with Crippen molar-refractivity contribution >= 4 is 35.1 Å². The molecule has 3 aromatic carbocycles. The Morgan fingerprint density at radius 3 is 2.29 bits per heavy atom. The molecule has 0 aliphatic carbocycles. The fourth-order valence-corrected chi connectivity index (χ4v) is 5.45. The first kappa shape index (κ1) is 28.5. The SMILES string of the molecule is Cc1cccc(N2CCN(CC(O)CNc3ncnc4c3nc(-c3ccccc3)n4-c3ccccc3)CC2)c1C.Cl. The Labute approximate surface area is 247 Å². The Morgan fingerprint density at radius 2 is 1.56 bits per heavy atom. The lowest BCUT2D eigenvalue weighted by Crippen LogP contribution is -2.49. The molecule has 0 spiro atoms. The third kappa shape index (κ3) is 6.05. The van der Waals surface area contributed by atoms with Gasteiger partial charge in [0.2, 0.25) is 0 Å². The number of hydrogen-bond acceptors (Lipinski definition) is 7. The summed E-state index contributed by atoms with van der Waals surface area (Å²) >= 11 is 0. The van der Waals surface area contributed by atoms with Crippen LogP contribution in [0.5, 0.6) is 0 Å². The molecule has 2 N–H and O–H groups in total. The Morgan fingerprint density at radius 1 is 0.854 bits per heavy atom. The van der Waals surface area contributed by atoms with E-state index < -0.39 is 6.10 Å². The van der Waals surface area contributed by atoms with Crippen LogP contribution in [0, 0.1) is 13.8 Å². The standard InChI is InChI=1S/C32H35N7O.ClH/c1-23-10-9-15-28(24(23)2)38-18-16-37(17-19-38)21-27(40)20-33-30-29-32(35-22-34-30)39(26-13-7-4-8-14-26)31(36-29)25-11-5-3-6-12-25;/h3-15,22,27,40H,16-21H2,1-2H3,(H,33,34,35);1H. The maximum absolute atomic E-state index is 10.9. The highest BCUT2D eigenvalue weighted by Gasteiger charge is 2.22. The molecule has 0 bridgehead atoms. The normalized spacial score (nSPS) is 14.6. The molecule has 41 heavy (non-hydrogen) atoms. The van der Waals surface area contributed by atoms with Gasteiger partial charge in [-0.3, -0.25) is 9.47 Å². The van der Waals surface area contributed by atoms with Gasteiger partial charge in [0.15, 0.2) is 17.0 Å². The molecule has 9 heteroatoms. The summed E-state index contributed by atoms with van der Waals surface area (Å²) in [4.78, 5) is 18.9. The Bertz CT molecular complexity index is 1580. The molecule has 1 saturated heterocycles. The molecule has 0 amide bonds. The number of β-amino-alcohol motifs (C(OH)–C–C–N with tert-alkyl or cyclic N) is 1. The number of aryl methyl sites for hydroxylation is 1. The van der Waals surface area contributed by atoms with Gasteiger partial charge in [-0.25, -0.2) is 15.0 Å². The van der Waals surface area contributed by atoms with Crippen LogP contribution in [-0.2, 0) is 0 Å². The number of aromatic nitrogens is 4. The van der Waals surface area contributed by atoms with Gasteiger partial charge in [0.25, 0.3) is 0 Å². The molecule has 8 nitrogen and oxygen atoms in total. The van der Waals surface area contributed by atoms with Gasteiger partial charge in [-0.05, 0) is 43.2 Å². The second-order valence-electron chi connectivity index (χ2n) is 10.4. The number of nitrogens with zero attached hydrogens (tertiary/aromatic N) is 6. The van der Waals surface area contributed by atoms with Crippen molar-refractivity contribution in [1.29, 1.82) is 0 Å². The number of halogens is 1. The second-order valence-corrected chi connectivity index (χ2v) is 10.4. The molecular formula is C32H36ClN7O. The topological polar surface area (TPSA) is 82.3 Å². The van der Waals surface area contributed by atoms with Crippen molar-refractivity contribution in [3.8, 4) is 17.1 Å². The van der Waals surface area contributed by atoms with Gasteiger partial charge in [0.05, 0.1) is 6.10 Å². The van der Waals surface area contributed by atoms with Crippen LogP contribution in [0.15, 0.2) is 85.2 Å². The summed E-state index contributed by atoms with van der Waals surface area (Å²) in [6, 6.07) is 26.7. The van der Waals surface area contributed by atoms with Gasteiger partial charge >= 0.3 is 0 Å². The summed E-state index contributed by atoms with van der Waals surface area (Å²) in [7, 11) is 0. The first-order valence-electron chi connectivity index (χ1n) is 13.9. The molecular weight excluding hydrogens is 534 g/mol. The third-order valence-corrected chi connectivity index (χ3v) is 7.75. The molecule has 1 aliphatic heterocycles. The number of hydrogen-bond donors (Lipinski definition) is 2. The second kappa shape index (κ2) is 12.7. The van der Waals surface area contributed by atoms with Gasteiger partial charge in [-0.2, -0.15) is 0 Å². The quantitative estimate of drug-likeness (QED) is 0.268. The van der Waals surface area contributed by atoms with Gasteiger partial charge in [-0.15, -0.1) is 12.4 Å². The number of fused-ring (bicyclic) bond motifs is 1. The van der Waals surface area contributed by atoms with E-state index in [0.29, 0.717) is 24.4 Å². The van der Waals surface area contributed by atoms with Crippen LogP contribution in [0.4, 0.5) is 11.5 Å². The van der Waals surface area contributed by atoms with E-state index in [1.54, 1.807) is 6.33 Å². The smallest absolute Gasteiger partial charge is 0.170 e. The van der Waals surface area contributed by atoms with E-state index in [2.05, 4.69) is 61.7 Å². The molecule has 1 atom stereocenters. The summed E-state index contributed by atoms with van der Waals surface area (Å²) in [5.74, 6) is 1.42. The minimum Gasteiger partial charge on any atom is -0.390 e. The van der Waals surface area contributed by atoms with E-state index in [1.807, 2.05) is 60.7 Å². The summed E-state index contributed by atoms with van der Waals surface area (Å²) < 4.78 is 2.06. The van der Waals surface area contributed by atoms with Gasteiger partial charge < -0.3 is 15.3 Å². The minimum absolute atomic E-state index is 0. The van der Waals surface area contributed by atoms with Crippen LogP contribution in [0.2, 0.25) is 0 Å². The van der Waals surface area contributed by atoms with Crippen molar-refractivity contribution in [3.63, 3.8) is 0 Å².